The van der Waals surface area contributed by atoms with Gasteiger partial charge in [0.2, 0.25) is 0 Å². The summed E-state index contributed by atoms with van der Waals surface area (Å²) in [6, 6.07) is 10.8. The van der Waals surface area contributed by atoms with Gasteiger partial charge in [0, 0.05) is 18.4 Å². The van der Waals surface area contributed by atoms with Crippen molar-refractivity contribution >= 4 is 29.9 Å². The highest BCUT2D eigenvalue weighted by atomic mass is 35.5. The van der Waals surface area contributed by atoms with Crippen molar-refractivity contribution in [3.63, 3.8) is 0 Å². The van der Waals surface area contributed by atoms with E-state index in [1.165, 1.54) is 0 Å². The molecule has 25 heavy (non-hydrogen) atoms. The lowest BCUT2D eigenvalue weighted by Gasteiger charge is -2.12. The summed E-state index contributed by atoms with van der Waals surface area (Å²) in [5.74, 6) is 0.861. The Morgan fingerprint density at radius 2 is 1.92 bits per heavy atom. The van der Waals surface area contributed by atoms with Gasteiger partial charge in [-0.3, -0.25) is 0 Å². The fourth-order valence-corrected chi connectivity index (χ4v) is 2.10. The number of hydrogen-bond acceptors (Lipinski definition) is 6. The zero-order valence-electron chi connectivity index (χ0n) is 14.7. The highest BCUT2D eigenvalue weighted by Crippen LogP contribution is 2.21. The maximum absolute atomic E-state index is 12.3. The molecule has 136 valence electrons. The molecule has 1 aromatic carbocycles. The number of carbonyl (C=O) groups is 1. The average molecular weight is 366 g/mol. The number of hydrogen-bond donors (Lipinski definition) is 1. The number of methoxy groups -OCH3 is 1. The van der Waals surface area contributed by atoms with E-state index in [4.69, 9.17) is 9.47 Å². The highest BCUT2D eigenvalue weighted by molar-refractivity contribution is 5.95. The van der Waals surface area contributed by atoms with Gasteiger partial charge in [0.05, 0.1) is 13.7 Å². The van der Waals surface area contributed by atoms with Gasteiger partial charge in [0.25, 0.3) is 0 Å². The van der Waals surface area contributed by atoms with Crippen molar-refractivity contribution < 1.29 is 14.3 Å². The van der Waals surface area contributed by atoms with Crippen LogP contribution in [0.2, 0.25) is 0 Å². The number of benzene rings is 1. The third kappa shape index (κ3) is 6.60. The predicted octanol–water partition coefficient (Wildman–Crippen LogP) is 3.36. The van der Waals surface area contributed by atoms with Crippen molar-refractivity contribution in [3.05, 3.63) is 48.2 Å². The standard InChI is InChI=1S/C18H23N3O3.ClH/c1-21(2)12-5-13-24-18(22)16-6-4-11-19-17(16)20-14-7-9-15(23-3)10-8-14;/h4,6-11H,5,12-13H2,1-3H3,(H,19,20);1H. The number of nitrogens with zero attached hydrogens (tertiary/aromatic N) is 2. The van der Waals surface area contributed by atoms with Gasteiger partial charge in [-0.2, -0.15) is 0 Å². The van der Waals surface area contributed by atoms with Gasteiger partial charge in [-0.05, 0) is 56.9 Å². The van der Waals surface area contributed by atoms with Crippen LogP contribution in [0.3, 0.4) is 0 Å². The van der Waals surface area contributed by atoms with Crippen molar-refractivity contribution in [1.29, 1.82) is 0 Å². The Balaban J connectivity index is 0.00000312. The summed E-state index contributed by atoms with van der Waals surface area (Å²) in [4.78, 5) is 18.6. The zero-order chi connectivity index (χ0) is 17.4. The number of carbonyl (C=O) groups excluding carboxylic acids is 1. The Morgan fingerprint density at radius 1 is 1.20 bits per heavy atom. The molecule has 1 heterocycles. The molecule has 0 aliphatic carbocycles. The first-order valence-electron chi connectivity index (χ1n) is 7.78. The summed E-state index contributed by atoms with van der Waals surface area (Å²) in [6.45, 7) is 1.26. The van der Waals surface area contributed by atoms with E-state index in [1.54, 1.807) is 25.4 Å². The monoisotopic (exact) mass is 365 g/mol. The van der Waals surface area contributed by atoms with E-state index >= 15 is 0 Å². The van der Waals surface area contributed by atoms with Crippen LogP contribution in [-0.2, 0) is 4.74 Å². The van der Waals surface area contributed by atoms with Crippen LogP contribution in [0.1, 0.15) is 16.8 Å². The summed E-state index contributed by atoms with van der Waals surface area (Å²) in [7, 11) is 5.59. The fraction of sp³-hybridized carbons (Fsp3) is 0.333. The van der Waals surface area contributed by atoms with E-state index in [-0.39, 0.29) is 18.4 Å². The molecule has 0 aliphatic rings. The first-order valence-corrected chi connectivity index (χ1v) is 7.78. The maximum Gasteiger partial charge on any atom is 0.341 e. The summed E-state index contributed by atoms with van der Waals surface area (Å²) >= 11 is 0. The number of anilines is 2. The van der Waals surface area contributed by atoms with E-state index < -0.39 is 0 Å². The Kier molecular flexibility index (Phi) is 8.74. The summed E-state index contributed by atoms with van der Waals surface area (Å²) < 4.78 is 10.5. The van der Waals surface area contributed by atoms with Crippen molar-refractivity contribution in [1.82, 2.24) is 9.88 Å². The lowest BCUT2D eigenvalue weighted by Crippen LogP contribution is -2.16. The van der Waals surface area contributed by atoms with E-state index in [2.05, 4.69) is 15.2 Å². The summed E-state index contributed by atoms with van der Waals surface area (Å²) in [6.07, 6.45) is 2.43. The quantitative estimate of drug-likeness (QED) is 0.571. The lowest BCUT2D eigenvalue weighted by atomic mass is 10.2. The molecule has 0 saturated carbocycles. The van der Waals surface area contributed by atoms with Crippen LogP contribution in [0.25, 0.3) is 0 Å². The molecule has 0 unspecified atom stereocenters. The summed E-state index contributed by atoms with van der Waals surface area (Å²) in [5.41, 5.74) is 1.23. The minimum atomic E-state index is -0.377. The number of halogens is 1. The third-order valence-corrected chi connectivity index (χ3v) is 3.36. The van der Waals surface area contributed by atoms with Crippen LogP contribution in [0.15, 0.2) is 42.6 Å². The number of aromatic nitrogens is 1. The number of ether oxygens (including phenoxy) is 2. The average Bonchev–Trinajstić information content (AvgIpc) is 2.59. The molecule has 7 heteroatoms. The van der Waals surface area contributed by atoms with Crippen molar-refractivity contribution in [2.24, 2.45) is 0 Å². The van der Waals surface area contributed by atoms with Crippen molar-refractivity contribution in [2.75, 3.05) is 39.7 Å². The maximum atomic E-state index is 12.3. The third-order valence-electron chi connectivity index (χ3n) is 3.36. The van der Waals surface area contributed by atoms with Crippen molar-refractivity contribution in [3.8, 4) is 5.75 Å². The molecule has 0 atom stereocenters. The molecule has 1 N–H and O–H groups in total. The second kappa shape index (κ2) is 10.5. The molecular formula is C18H24ClN3O3. The molecule has 2 rings (SSSR count). The van der Waals surface area contributed by atoms with E-state index in [1.807, 2.05) is 38.4 Å². The minimum Gasteiger partial charge on any atom is -0.497 e. The first-order chi connectivity index (χ1) is 11.6. The second-order valence-electron chi connectivity index (χ2n) is 5.55. The van der Waals surface area contributed by atoms with Crippen LogP contribution in [0.4, 0.5) is 11.5 Å². The second-order valence-corrected chi connectivity index (χ2v) is 5.55. The molecule has 0 spiro atoms. The molecule has 0 saturated heterocycles. The topological polar surface area (TPSA) is 63.7 Å². The Bertz CT molecular complexity index is 663. The normalized spacial score (nSPS) is 10.1. The van der Waals surface area contributed by atoms with Crippen molar-refractivity contribution in [2.45, 2.75) is 6.42 Å². The molecule has 1 aromatic heterocycles. The van der Waals surface area contributed by atoms with Crippen LogP contribution >= 0.6 is 12.4 Å². The van der Waals surface area contributed by atoms with Gasteiger partial charge in [-0.1, -0.05) is 0 Å². The predicted molar refractivity (Wildman–Crippen MR) is 101 cm³/mol. The van der Waals surface area contributed by atoms with E-state index in [0.29, 0.717) is 18.0 Å². The molecule has 0 fully saturated rings. The Hall–Kier alpha value is -2.31. The lowest BCUT2D eigenvalue weighted by molar-refractivity contribution is 0.0494. The smallest absolute Gasteiger partial charge is 0.341 e. The SMILES string of the molecule is COc1ccc(Nc2ncccc2C(=O)OCCCN(C)C)cc1.Cl. The first kappa shape index (κ1) is 20.7. The summed E-state index contributed by atoms with van der Waals surface area (Å²) in [5, 5.41) is 3.14. The largest absolute Gasteiger partial charge is 0.497 e. The number of rotatable bonds is 8. The van der Waals surface area contributed by atoms with Crippen LogP contribution in [0, 0.1) is 0 Å². The van der Waals surface area contributed by atoms with Gasteiger partial charge < -0.3 is 19.7 Å². The highest BCUT2D eigenvalue weighted by Gasteiger charge is 2.14. The Labute approximate surface area is 154 Å². The Morgan fingerprint density at radius 3 is 2.56 bits per heavy atom. The molecule has 0 radical (unpaired) electrons. The van der Waals surface area contributed by atoms with Gasteiger partial charge in [0.15, 0.2) is 0 Å². The molecule has 0 amide bonds. The molecule has 0 bridgehead atoms. The van der Waals surface area contributed by atoms with Crippen LogP contribution < -0.4 is 10.1 Å². The molecule has 0 aliphatic heterocycles. The molecular weight excluding hydrogens is 342 g/mol. The van der Waals surface area contributed by atoms with Crippen LogP contribution in [0.5, 0.6) is 5.75 Å². The van der Waals surface area contributed by atoms with Crippen LogP contribution in [-0.4, -0.2) is 50.2 Å². The molecule has 2 aromatic rings. The molecule has 6 nitrogen and oxygen atoms in total. The van der Waals surface area contributed by atoms with Gasteiger partial charge in [0.1, 0.15) is 17.1 Å². The number of pyridine rings is 1. The fourth-order valence-electron chi connectivity index (χ4n) is 2.10. The van der Waals surface area contributed by atoms with Gasteiger partial charge in [-0.15, -0.1) is 12.4 Å². The zero-order valence-corrected chi connectivity index (χ0v) is 15.5. The van der Waals surface area contributed by atoms with Gasteiger partial charge in [-0.25, -0.2) is 9.78 Å². The van der Waals surface area contributed by atoms with E-state index in [0.717, 1.165) is 24.4 Å². The minimum absolute atomic E-state index is 0. The van der Waals surface area contributed by atoms with E-state index in [9.17, 15) is 4.79 Å². The number of nitrogens with one attached hydrogen (secondary N) is 1. The van der Waals surface area contributed by atoms with Gasteiger partial charge >= 0.3 is 5.97 Å². The number of esters is 1.